The van der Waals surface area contributed by atoms with Crippen LogP contribution in [0.25, 0.3) is 0 Å². The Morgan fingerprint density at radius 3 is 2.82 bits per heavy atom. The first kappa shape index (κ1) is 13.8. The van der Waals surface area contributed by atoms with Crippen molar-refractivity contribution in [3.05, 3.63) is 28.3 Å². The van der Waals surface area contributed by atoms with Gasteiger partial charge in [0.25, 0.3) is 5.69 Å². The fraction of sp³-hybridized carbons (Fsp3) is 0.455. The number of nitro benzene ring substituents is 1. The van der Waals surface area contributed by atoms with E-state index in [4.69, 9.17) is 4.74 Å². The summed E-state index contributed by atoms with van der Waals surface area (Å²) in [6.07, 6.45) is 1.99. The third-order valence-corrected chi connectivity index (χ3v) is 2.79. The second-order valence-electron chi connectivity index (χ2n) is 3.43. The number of nitrogens with one attached hydrogen (secondary N) is 1. The summed E-state index contributed by atoms with van der Waals surface area (Å²) in [4.78, 5) is 10.2. The zero-order valence-corrected chi connectivity index (χ0v) is 11.2. The van der Waals surface area contributed by atoms with Gasteiger partial charge in [-0.05, 0) is 18.9 Å². The predicted octanol–water partition coefficient (Wildman–Crippen LogP) is 3.19. The summed E-state index contributed by atoms with van der Waals surface area (Å²) in [6.45, 7) is 0.609. The lowest BCUT2D eigenvalue weighted by Gasteiger charge is -2.10. The Bertz CT molecular complexity index is 385. The molecule has 94 valence electrons. The molecule has 1 N–H and O–H groups in total. The van der Waals surface area contributed by atoms with Crippen molar-refractivity contribution in [2.24, 2.45) is 0 Å². The van der Waals surface area contributed by atoms with Crippen LogP contribution < -0.4 is 10.1 Å². The maximum atomic E-state index is 10.6. The lowest BCUT2D eigenvalue weighted by molar-refractivity contribution is -0.384. The van der Waals surface area contributed by atoms with E-state index in [1.54, 1.807) is 13.1 Å². The third kappa shape index (κ3) is 4.22. The summed E-state index contributed by atoms with van der Waals surface area (Å²) in [5, 5.41) is 14.5. The van der Waals surface area contributed by atoms with Crippen LogP contribution in [0.15, 0.2) is 18.2 Å². The van der Waals surface area contributed by atoms with Crippen molar-refractivity contribution in [2.45, 2.75) is 12.8 Å². The summed E-state index contributed by atoms with van der Waals surface area (Å²) >= 11 is 3.35. The van der Waals surface area contributed by atoms with Crippen LogP contribution in [0, 0.1) is 10.1 Å². The highest BCUT2D eigenvalue weighted by Crippen LogP contribution is 2.28. The van der Waals surface area contributed by atoms with E-state index in [0.29, 0.717) is 18.0 Å². The second-order valence-corrected chi connectivity index (χ2v) is 4.23. The minimum atomic E-state index is -0.421. The molecule has 0 spiro atoms. The van der Waals surface area contributed by atoms with Gasteiger partial charge in [-0.25, -0.2) is 0 Å². The average molecular weight is 303 g/mol. The van der Waals surface area contributed by atoms with Crippen molar-refractivity contribution >= 4 is 27.3 Å². The molecule has 1 rings (SSSR count). The molecule has 0 aliphatic carbocycles. The molecule has 0 aliphatic heterocycles. The second kappa shape index (κ2) is 7.11. The van der Waals surface area contributed by atoms with Crippen LogP contribution in [0.2, 0.25) is 0 Å². The van der Waals surface area contributed by atoms with Crippen LogP contribution >= 0.6 is 15.9 Å². The topological polar surface area (TPSA) is 64.4 Å². The Labute approximate surface area is 108 Å². The van der Waals surface area contributed by atoms with Crippen molar-refractivity contribution in [3.63, 3.8) is 0 Å². The molecule has 0 fully saturated rings. The molecule has 0 saturated heterocycles. The Morgan fingerprint density at radius 1 is 1.47 bits per heavy atom. The van der Waals surface area contributed by atoms with E-state index in [-0.39, 0.29) is 5.69 Å². The van der Waals surface area contributed by atoms with Gasteiger partial charge in [0.2, 0.25) is 0 Å². The maximum Gasteiger partial charge on any atom is 0.271 e. The van der Waals surface area contributed by atoms with Gasteiger partial charge in [0.15, 0.2) is 0 Å². The number of halogens is 1. The van der Waals surface area contributed by atoms with Crippen LogP contribution in [0.1, 0.15) is 12.8 Å². The van der Waals surface area contributed by atoms with Crippen LogP contribution in [0.3, 0.4) is 0 Å². The predicted molar refractivity (Wildman–Crippen MR) is 71.2 cm³/mol. The first-order chi connectivity index (χ1) is 8.19. The van der Waals surface area contributed by atoms with E-state index in [1.165, 1.54) is 12.1 Å². The maximum absolute atomic E-state index is 10.6. The van der Waals surface area contributed by atoms with Crippen molar-refractivity contribution < 1.29 is 9.66 Å². The highest BCUT2D eigenvalue weighted by molar-refractivity contribution is 9.09. The van der Waals surface area contributed by atoms with Crippen LogP contribution in [-0.4, -0.2) is 23.9 Å². The van der Waals surface area contributed by atoms with Gasteiger partial charge in [-0.2, -0.15) is 0 Å². The minimum absolute atomic E-state index is 0.0576. The summed E-state index contributed by atoms with van der Waals surface area (Å²) in [5.74, 6) is 0.646. The van der Waals surface area contributed by atoms with Gasteiger partial charge in [-0.15, -0.1) is 0 Å². The fourth-order valence-corrected chi connectivity index (χ4v) is 1.73. The number of alkyl halides is 1. The molecule has 0 bridgehead atoms. The zero-order chi connectivity index (χ0) is 12.7. The molecule has 0 radical (unpaired) electrons. The number of ether oxygens (including phenoxy) is 1. The van der Waals surface area contributed by atoms with E-state index in [0.717, 1.165) is 18.2 Å². The number of anilines is 1. The Balaban J connectivity index is 2.68. The van der Waals surface area contributed by atoms with Gasteiger partial charge in [-0.3, -0.25) is 10.1 Å². The molecule has 0 heterocycles. The number of nitrogens with zero attached hydrogens (tertiary/aromatic N) is 1. The standard InChI is InChI=1S/C11H15BrN2O3/c1-13-10-8-9(14(15)16)4-5-11(10)17-7-3-2-6-12/h4-5,8,13H,2-3,6-7H2,1H3. The highest BCUT2D eigenvalue weighted by atomic mass is 79.9. The molecular formula is C11H15BrN2O3. The number of benzene rings is 1. The third-order valence-electron chi connectivity index (χ3n) is 2.23. The lowest BCUT2D eigenvalue weighted by atomic mass is 10.2. The summed E-state index contributed by atoms with van der Waals surface area (Å²) in [7, 11) is 1.71. The fourth-order valence-electron chi connectivity index (χ4n) is 1.33. The monoisotopic (exact) mass is 302 g/mol. The van der Waals surface area contributed by atoms with Crippen LogP contribution in [0.4, 0.5) is 11.4 Å². The average Bonchev–Trinajstić information content (AvgIpc) is 2.34. The van der Waals surface area contributed by atoms with E-state index in [9.17, 15) is 10.1 Å². The van der Waals surface area contributed by atoms with E-state index in [2.05, 4.69) is 21.2 Å². The van der Waals surface area contributed by atoms with E-state index < -0.39 is 4.92 Å². The summed E-state index contributed by atoms with van der Waals surface area (Å²) in [6, 6.07) is 4.54. The van der Waals surface area contributed by atoms with Crippen molar-refractivity contribution in [1.82, 2.24) is 0 Å². The van der Waals surface area contributed by atoms with Gasteiger partial charge in [-0.1, -0.05) is 15.9 Å². The molecular weight excluding hydrogens is 288 g/mol. The van der Waals surface area contributed by atoms with Crippen LogP contribution in [-0.2, 0) is 0 Å². The SMILES string of the molecule is CNc1cc([N+](=O)[O-])ccc1OCCCCBr. The molecule has 17 heavy (non-hydrogen) atoms. The molecule has 0 aliphatic rings. The summed E-state index contributed by atoms with van der Waals surface area (Å²) < 4.78 is 5.56. The Hall–Kier alpha value is -1.30. The normalized spacial score (nSPS) is 10.0. The molecule has 0 amide bonds. The van der Waals surface area contributed by atoms with Gasteiger partial charge in [0.05, 0.1) is 17.2 Å². The molecule has 0 aromatic heterocycles. The van der Waals surface area contributed by atoms with Gasteiger partial charge >= 0.3 is 0 Å². The molecule has 5 nitrogen and oxygen atoms in total. The lowest BCUT2D eigenvalue weighted by Crippen LogP contribution is -2.01. The number of unbranched alkanes of at least 4 members (excludes halogenated alkanes) is 1. The number of rotatable bonds is 7. The molecule has 1 aromatic rings. The number of nitro groups is 1. The largest absolute Gasteiger partial charge is 0.491 e. The number of hydrogen-bond acceptors (Lipinski definition) is 4. The van der Waals surface area contributed by atoms with Gasteiger partial charge in [0, 0.05) is 24.5 Å². The molecule has 0 unspecified atom stereocenters. The van der Waals surface area contributed by atoms with E-state index in [1.807, 2.05) is 0 Å². The zero-order valence-electron chi connectivity index (χ0n) is 9.61. The number of hydrogen-bond donors (Lipinski definition) is 1. The van der Waals surface area contributed by atoms with E-state index >= 15 is 0 Å². The molecule has 1 aromatic carbocycles. The van der Waals surface area contributed by atoms with Gasteiger partial charge in [0.1, 0.15) is 5.75 Å². The quantitative estimate of drug-likeness (QED) is 0.363. The van der Waals surface area contributed by atoms with Crippen LogP contribution in [0.5, 0.6) is 5.75 Å². The van der Waals surface area contributed by atoms with Gasteiger partial charge < -0.3 is 10.1 Å². The molecule has 6 heteroatoms. The van der Waals surface area contributed by atoms with Crippen molar-refractivity contribution in [3.8, 4) is 5.75 Å². The highest BCUT2D eigenvalue weighted by Gasteiger charge is 2.10. The summed E-state index contributed by atoms with van der Waals surface area (Å²) in [5.41, 5.74) is 0.695. The molecule has 0 atom stereocenters. The van der Waals surface area contributed by atoms with Crippen molar-refractivity contribution in [1.29, 1.82) is 0 Å². The Kier molecular flexibility index (Phi) is 5.76. The number of non-ortho nitro benzene ring substituents is 1. The molecule has 0 saturated carbocycles. The first-order valence-electron chi connectivity index (χ1n) is 5.34. The smallest absolute Gasteiger partial charge is 0.271 e. The first-order valence-corrected chi connectivity index (χ1v) is 6.46. The van der Waals surface area contributed by atoms with Crippen molar-refractivity contribution in [2.75, 3.05) is 24.3 Å². The Morgan fingerprint density at radius 2 is 2.24 bits per heavy atom. The minimum Gasteiger partial charge on any atom is -0.491 e.